The van der Waals surface area contributed by atoms with Crippen LogP contribution in [-0.2, 0) is 0 Å². The van der Waals surface area contributed by atoms with Crippen molar-refractivity contribution in [3.8, 4) is 0 Å². The van der Waals surface area contributed by atoms with Gasteiger partial charge in [0.05, 0.1) is 0 Å². The molecule has 0 saturated carbocycles. The van der Waals surface area contributed by atoms with Crippen molar-refractivity contribution in [3.63, 3.8) is 0 Å². The van der Waals surface area contributed by atoms with Crippen LogP contribution in [0.4, 0.5) is 4.39 Å². The molecule has 0 spiro atoms. The topological polar surface area (TPSA) is 29.3 Å². The molecule has 2 rings (SSSR count). The maximum absolute atomic E-state index is 14.1. The second-order valence-electron chi connectivity index (χ2n) is 5.66. The van der Waals surface area contributed by atoms with Crippen molar-refractivity contribution >= 4 is 15.9 Å². The normalized spacial score (nSPS) is 22.5. The van der Waals surface area contributed by atoms with Gasteiger partial charge >= 0.3 is 0 Å². The number of rotatable bonds is 4. The fourth-order valence-corrected chi connectivity index (χ4v) is 3.53. The van der Waals surface area contributed by atoms with Crippen LogP contribution in [0.15, 0.2) is 22.7 Å². The molecule has 1 aliphatic heterocycles. The Balaban J connectivity index is 2.17. The summed E-state index contributed by atoms with van der Waals surface area (Å²) in [5, 5.41) is 0. The first-order valence-corrected chi connectivity index (χ1v) is 8.34. The molecule has 1 fully saturated rings. The number of hydrogen-bond donors (Lipinski definition) is 1. The Labute approximate surface area is 129 Å². The lowest BCUT2D eigenvalue weighted by atomic mass is 9.98. The minimum atomic E-state index is -0.153. The molecule has 0 bridgehead atoms. The third kappa shape index (κ3) is 3.80. The standard InChI is InChI=1S/C16H24BrFN2/c1-2-12-4-3-8-20(9-7-12)16(11-19)14-10-13(17)5-6-15(14)18/h5-6,10,12,16H,2-4,7-9,11,19H2,1H3. The van der Waals surface area contributed by atoms with Crippen LogP contribution in [-0.4, -0.2) is 24.5 Å². The van der Waals surface area contributed by atoms with E-state index in [-0.39, 0.29) is 11.9 Å². The molecule has 112 valence electrons. The summed E-state index contributed by atoms with van der Waals surface area (Å²) in [5.41, 5.74) is 6.67. The van der Waals surface area contributed by atoms with Crippen molar-refractivity contribution in [3.05, 3.63) is 34.1 Å². The highest BCUT2D eigenvalue weighted by Crippen LogP contribution is 2.29. The predicted molar refractivity (Wildman–Crippen MR) is 85.1 cm³/mol. The van der Waals surface area contributed by atoms with Crippen molar-refractivity contribution in [2.75, 3.05) is 19.6 Å². The maximum Gasteiger partial charge on any atom is 0.128 e. The van der Waals surface area contributed by atoms with E-state index in [1.165, 1.54) is 31.7 Å². The van der Waals surface area contributed by atoms with E-state index in [4.69, 9.17) is 5.73 Å². The summed E-state index contributed by atoms with van der Waals surface area (Å²) in [4.78, 5) is 2.36. The second kappa shape index (κ2) is 7.53. The van der Waals surface area contributed by atoms with Gasteiger partial charge < -0.3 is 5.73 Å². The molecule has 1 heterocycles. The summed E-state index contributed by atoms with van der Waals surface area (Å²) in [6.45, 7) is 4.76. The molecule has 0 radical (unpaired) electrons. The highest BCUT2D eigenvalue weighted by atomic mass is 79.9. The van der Waals surface area contributed by atoms with E-state index >= 15 is 0 Å². The monoisotopic (exact) mass is 342 g/mol. The lowest BCUT2D eigenvalue weighted by molar-refractivity contribution is 0.203. The molecule has 0 aromatic heterocycles. The molecule has 4 heteroatoms. The van der Waals surface area contributed by atoms with E-state index in [0.29, 0.717) is 6.54 Å². The van der Waals surface area contributed by atoms with Crippen LogP contribution in [0.2, 0.25) is 0 Å². The van der Waals surface area contributed by atoms with Crippen LogP contribution < -0.4 is 5.73 Å². The quantitative estimate of drug-likeness (QED) is 0.892. The van der Waals surface area contributed by atoms with Gasteiger partial charge in [0.2, 0.25) is 0 Å². The average molecular weight is 343 g/mol. The summed E-state index contributed by atoms with van der Waals surface area (Å²) >= 11 is 3.43. The third-order valence-electron chi connectivity index (χ3n) is 4.44. The van der Waals surface area contributed by atoms with Gasteiger partial charge in [0.15, 0.2) is 0 Å². The molecule has 1 saturated heterocycles. The van der Waals surface area contributed by atoms with Gasteiger partial charge in [-0.2, -0.15) is 0 Å². The van der Waals surface area contributed by atoms with Crippen molar-refractivity contribution < 1.29 is 4.39 Å². The molecular weight excluding hydrogens is 319 g/mol. The molecule has 20 heavy (non-hydrogen) atoms. The zero-order chi connectivity index (χ0) is 14.5. The zero-order valence-electron chi connectivity index (χ0n) is 12.1. The molecule has 1 aliphatic rings. The first-order valence-electron chi connectivity index (χ1n) is 7.54. The number of halogens is 2. The summed E-state index contributed by atoms with van der Waals surface area (Å²) in [5.74, 6) is 0.658. The molecule has 2 nitrogen and oxygen atoms in total. The van der Waals surface area contributed by atoms with Gasteiger partial charge in [-0.25, -0.2) is 4.39 Å². The first-order chi connectivity index (χ1) is 9.65. The van der Waals surface area contributed by atoms with Crippen molar-refractivity contribution in [2.45, 2.75) is 38.6 Å². The van der Waals surface area contributed by atoms with Crippen LogP contribution in [0.1, 0.15) is 44.2 Å². The summed E-state index contributed by atoms with van der Waals surface area (Å²) in [6, 6.07) is 5.12. The van der Waals surface area contributed by atoms with Crippen molar-refractivity contribution in [1.29, 1.82) is 0 Å². The Hall–Kier alpha value is -0.450. The van der Waals surface area contributed by atoms with Gasteiger partial charge in [-0.1, -0.05) is 29.3 Å². The lowest BCUT2D eigenvalue weighted by Gasteiger charge is -2.30. The molecule has 1 aromatic carbocycles. The molecule has 2 unspecified atom stereocenters. The van der Waals surface area contributed by atoms with Gasteiger partial charge in [0.25, 0.3) is 0 Å². The Kier molecular flexibility index (Phi) is 6.00. The van der Waals surface area contributed by atoms with Crippen LogP contribution in [0.3, 0.4) is 0 Å². The van der Waals surface area contributed by atoms with Gasteiger partial charge in [-0.05, 0) is 56.5 Å². The highest BCUT2D eigenvalue weighted by Gasteiger charge is 2.25. The number of nitrogens with zero attached hydrogens (tertiary/aromatic N) is 1. The summed E-state index contributed by atoms with van der Waals surface area (Å²) < 4.78 is 15.0. The van der Waals surface area contributed by atoms with E-state index in [0.717, 1.165) is 29.0 Å². The number of likely N-dealkylation sites (tertiary alicyclic amines) is 1. The summed E-state index contributed by atoms with van der Waals surface area (Å²) in [6.07, 6.45) is 4.91. The van der Waals surface area contributed by atoms with Crippen LogP contribution in [0, 0.1) is 11.7 Å². The molecule has 0 aliphatic carbocycles. The third-order valence-corrected chi connectivity index (χ3v) is 4.93. The van der Waals surface area contributed by atoms with Crippen LogP contribution >= 0.6 is 15.9 Å². The van der Waals surface area contributed by atoms with Crippen molar-refractivity contribution in [1.82, 2.24) is 4.90 Å². The lowest BCUT2D eigenvalue weighted by Crippen LogP contribution is -2.35. The fourth-order valence-electron chi connectivity index (χ4n) is 3.15. The van der Waals surface area contributed by atoms with Gasteiger partial charge in [-0.15, -0.1) is 0 Å². The Morgan fingerprint density at radius 3 is 2.90 bits per heavy atom. The van der Waals surface area contributed by atoms with Gasteiger partial charge in [-0.3, -0.25) is 4.90 Å². The first kappa shape index (κ1) is 15.9. The molecular formula is C16H24BrFN2. The van der Waals surface area contributed by atoms with Crippen molar-refractivity contribution in [2.24, 2.45) is 11.7 Å². The van der Waals surface area contributed by atoms with E-state index in [1.807, 2.05) is 6.07 Å². The minimum absolute atomic E-state index is 0.0110. The Bertz CT molecular complexity index is 438. The highest BCUT2D eigenvalue weighted by molar-refractivity contribution is 9.10. The molecule has 1 aromatic rings. The Morgan fingerprint density at radius 2 is 2.20 bits per heavy atom. The smallest absolute Gasteiger partial charge is 0.128 e. The average Bonchev–Trinajstić information content (AvgIpc) is 2.69. The van der Waals surface area contributed by atoms with Gasteiger partial charge in [0, 0.05) is 22.6 Å². The van der Waals surface area contributed by atoms with Crippen LogP contribution in [0.5, 0.6) is 0 Å². The van der Waals surface area contributed by atoms with E-state index in [1.54, 1.807) is 6.07 Å². The second-order valence-corrected chi connectivity index (χ2v) is 6.57. The molecule has 0 amide bonds. The fraction of sp³-hybridized carbons (Fsp3) is 0.625. The molecule has 2 N–H and O–H groups in total. The predicted octanol–water partition coefficient (Wildman–Crippen LogP) is 4.10. The maximum atomic E-state index is 14.1. The van der Waals surface area contributed by atoms with E-state index in [2.05, 4.69) is 27.8 Å². The number of nitrogens with two attached hydrogens (primary N) is 1. The zero-order valence-corrected chi connectivity index (χ0v) is 13.7. The SMILES string of the molecule is CCC1CCCN(C(CN)c2cc(Br)ccc2F)CC1. The Morgan fingerprint density at radius 1 is 1.40 bits per heavy atom. The molecule has 2 atom stereocenters. The van der Waals surface area contributed by atoms with Gasteiger partial charge in [0.1, 0.15) is 5.82 Å². The van der Waals surface area contributed by atoms with E-state index in [9.17, 15) is 4.39 Å². The minimum Gasteiger partial charge on any atom is -0.329 e. The summed E-state index contributed by atoms with van der Waals surface area (Å²) in [7, 11) is 0. The van der Waals surface area contributed by atoms with E-state index < -0.39 is 0 Å². The largest absolute Gasteiger partial charge is 0.329 e. The van der Waals surface area contributed by atoms with Crippen LogP contribution in [0.25, 0.3) is 0 Å². The number of benzene rings is 1. The number of hydrogen-bond acceptors (Lipinski definition) is 2.